The lowest BCUT2D eigenvalue weighted by atomic mass is 10.1. The maximum atomic E-state index is 11.9. The molecule has 0 aromatic heterocycles. The number of halogens is 1. The summed E-state index contributed by atoms with van der Waals surface area (Å²) in [6.07, 6.45) is -0.136. The van der Waals surface area contributed by atoms with Crippen molar-refractivity contribution in [2.75, 3.05) is 24.7 Å². The van der Waals surface area contributed by atoms with E-state index in [4.69, 9.17) is 16.3 Å². The van der Waals surface area contributed by atoms with Crippen LogP contribution in [0, 0.1) is 6.92 Å². The number of hydrogen-bond acceptors (Lipinski definition) is 5. The Morgan fingerprint density at radius 3 is 2.46 bits per heavy atom. The highest BCUT2D eigenvalue weighted by atomic mass is 35.5. The molecule has 5 nitrogen and oxygen atoms in total. The molecule has 1 N–H and O–H groups in total. The van der Waals surface area contributed by atoms with Crippen molar-refractivity contribution in [2.24, 2.45) is 0 Å². The molecule has 2 aromatic rings. The molecule has 28 heavy (non-hydrogen) atoms. The Balaban J connectivity index is 1.63. The van der Waals surface area contributed by atoms with E-state index in [1.54, 1.807) is 24.3 Å². The molecule has 1 saturated heterocycles. The van der Waals surface area contributed by atoms with Crippen LogP contribution >= 0.6 is 11.6 Å². The summed E-state index contributed by atoms with van der Waals surface area (Å²) in [7, 11) is -3.00. The molecule has 152 valence electrons. The Hall–Kier alpha value is -1.60. The van der Waals surface area contributed by atoms with Crippen LogP contribution in [0.25, 0.3) is 0 Å². The zero-order chi connectivity index (χ0) is 20.1. The molecule has 1 aliphatic heterocycles. The molecule has 1 aliphatic rings. The fraction of sp³-hybridized carbons (Fsp3) is 0.429. The second kappa shape index (κ2) is 9.27. The molecule has 0 amide bonds. The molecule has 7 heteroatoms. The van der Waals surface area contributed by atoms with Crippen LogP contribution in [0.4, 0.5) is 0 Å². The number of rotatable bonds is 8. The Morgan fingerprint density at radius 1 is 1.18 bits per heavy atom. The highest BCUT2D eigenvalue weighted by Crippen LogP contribution is 2.21. The quantitative estimate of drug-likeness (QED) is 0.706. The van der Waals surface area contributed by atoms with E-state index in [2.05, 4.69) is 4.90 Å². The first-order chi connectivity index (χ1) is 13.3. The van der Waals surface area contributed by atoms with Gasteiger partial charge in [-0.15, -0.1) is 0 Å². The zero-order valence-electron chi connectivity index (χ0n) is 15.9. The average Bonchev–Trinajstić information content (AvgIpc) is 3.02. The van der Waals surface area contributed by atoms with E-state index < -0.39 is 15.9 Å². The number of ether oxygens (including phenoxy) is 1. The third kappa shape index (κ3) is 6.21. The largest absolute Gasteiger partial charge is 0.491 e. The van der Waals surface area contributed by atoms with Crippen LogP contribution < -0.4 is 4.74 Å². The van der Waals surface area contributed by atoms with Gasteiger partial charge in [0.15, 0.2) is 9.84 Å². The van der Waals surface area contributed by atoms with E-state index in [1.165, 1.54) is 5.56 Å². The van der Waals surface area contributed by atoms with Gasteiger partial charge in [0.25, 0.3) is 0 Å². The molecule has 0 saturated carbocycles. The van der Waals surface area contributed by atoms with E-state index in [0.29, 0.717) is 30.3 Å². The maximum absolute atomic E-state index is 11.9. The van der Waals surface area contributed by atoms with Crippen molar-refractivity contribution in [1.29, 1.82) is 0 Å². The predicted molar refractivity (Wildman–Crippen MR) is 112 cm³/mol. The normalized spacial score (nSPS) is 19.6. The van der Waals surface area contributed by atoms with Gasteiger partial charge in [-0.3, -0.25) is 4.90 Å². The van der Waals surface area contributed by atoms with Gasteiger partial charge >= 0.3 is 0 Å². The molecule has 2 atom stereocenters. The highest BCUT2D eigenvalue weighted by molar-refractivity contribution is 7.91. The van der Waals surface area contributed by atoms with Gasteiger partial charge in [0, 0.05) is 24.2 Å². The minimum Gasteiger partial charge on any atom is -0.491 e. The first kappa shape index (κ1) is 21.1. The summed E-state index contributed by atoms with van der Waals surface area (Å²) in [5.41, 5.74) is 2.27. The summed E-state index contributed by atoms with van der Waals surface area (Å²) in [4.78, 5) is 2.06. The number of aliphatic hydroxyl groups excluding tert-OH is 1. The standard InChI is InChI=1S/C21H26ClNO4S/c1-16-2-4-17(5-3-16)12-23(19-10-11-28(25,26)15-19)13-20(24)14-27-21-8-6-18(22)7-9-21/h2-9,19-20,24H,10-15H2,1H3/t19-,20-/m0/s1. The van der Waals surface area contributed by atoms with Crippen LogP contribution in [0.3, 0.4) is 0 Å². The van der Waals surface area contributed by atoms with Crippen LogP contribution in [0.2, 0.25) is 5.02 Å². The van der Waals surface area contributed by atoms with Gasteiger partial charge in [0.2, 0.25) is 0 Å². The van der Waals surface area contributed by atoms with Crippen molar-refractivity contribution in [3.8, 4) is 5.75 Å². The van der Waals surface area contributed by atoms with Gasteiger partial charge in [0.05, 0.1) is 11.5 Å². The minimum absolute atomic E-state index is 0.0866. The molecule has 0 spiro atoms. The monoisotopic (exact) mass is 423 g/mol. The molecule has 1 heterocycles. The Kier molecular flexibility index (Phi) is 6.99. The minimum atomic E-state index is -3.00. The van der Waals surface area contributed by atoms with Gasteiger partial charge < -0.3 is 9.84 Å². The fourth-order valence-corrected chi connectivity index (χ4v) is 5.27. The topological polar surface area (TPSA) is 66.8 Å². The summed E-state index contributed by atoms with van der Waals surface area (Å²) < 4.78 is 29.5. The second-order valence-electron chi connectivity index (χ2n) is 7.39. The molecule has 2 aromatic carbocycles. The van der Waals surface area contributed by atoms with Crippen LogP contribution in [0.5, 0.6) is 5.75 Å². The third-order valence-electron chi connectivity index (χ3n) is 4.93. The average molecular weight is 424 g/mol. The SMILES string of the molecule is Cc1ccc(CN(C[C@H](O)COc2ccc(Cl)cc2)[C@H]2CCS(=O)(=O)C2)cc1. The van der Waals surface area contributed by atoms with Gasteiger partial charge in [0.1, 0.15) is 18.5 Å². The highest BCUT2D eigenvalue weighted by Gasteiger charge is 2.33. The molecule has 0 aliphatic carbocycles. The van der Waals surface area contributed by atoms with Crippen molar-refractivity contribution < 1.29 is 18.3 Å². The Morgan fingerprint density at radius 2 is 1.86 bits per heavy atom. The van der Waals surface area contributed by atoms with Gasteiger partial charge in [-0.1, -0.05) is 41.4 Å². The van der Waals surface area contributed by atoms with Crippen LogP contribution in [-0.4, -0.2) is 55.2 Å². The molecule has 0 unspecified atom stereocenters. The van der Waals surface area contributed by atoms with Crippen molar-refractivity contribution in [2.45, 2.75) is 32.0 Å². The first-order valence-electron chi connectivity index (χ1n) is 9.37. The molecule has 0 bridgehead atoms. The summed E-state index contributed by atoms with van der Waals surface area (Å²) >= 11 is 5.87. The Labute approximate surface area is 171 Å². The molecule has 3 rings (SSSR count). The maximum Gasteiger partial charge on any atom is 0.151 e. The number of sulfone groups is 1. The number of hydrogen-bond donors (Lipinski definition) is 1. The van der Waals surface area contributed by atoms with Crippen molar-refractivity contribution in [3.05, 3.63) is 64.7 Å². The molecule has 1 fully saturated rings. The lowest BCUT2D eigenvalue weighted by Gasteiger charge is -2.30. The smallest absolute Gasteiger partial charge is 0.151 e. The van der Waals surface area contributed by atoms with Gasteiger partial charge in [-0.05, 0) is 43.2 Å². The van der Waals surface area contributed by atoms with E-state index in [0.717, 1.165) is 5.56 Å². The summed E-state index contributed by atoms with van der Waals surface area (Å²) in [6, 6.07) is 15.1. The molecular formula is C21H26ClNO4S. The van der Waals surface area contributed by atoms with Crippen molar-refractivity contribution in [3.63, 3.8) is 0 Å². The van der Waals surface area contributed by atoms with Crippen molar-refractivity contribution in [1.82, 2.24) is 4.90 Å². The predicted octanol–water partition coefficient (Wildman–Crippen LogP) is 3.08. The van der Waals surface area contributed by atoms with Gasteiger partial charge in [-0.2, -0.15) is 0 Å². The summed E-state index contributed by atoms with van der Waals surface area (Å²) in [5, 5.41) is 11.1. The molecule has 0 radical (unpaired) electrons. The van der Waals surface area contributed by atoms with Crippen LogP contribution in [0.15, 0.2) is 48.5 Å². The molecular weight excluding hydrogens is 398 g/mol. The summed E-state index contributed by atoms with van der Waals surface area (Å²) in [6.45, 7) is 3.11. The fourth-order valence-electron chi connectivity index (χ4n) is 3.38. The number of aryl methyl sites for hydroxylation is 1. The van der Waals surface area contributed by atoms with E-state index in [-0.39, 0.29) is 24.2 Å². The second-order valence-corrected chi connectivity index (χ2v) is 10.1. The van der Waals surface area contributed by atoms with Crippen LogP contribution in [-0.2, 0) is 16.4 Å². The van der Waals surface area contributed by atoms with E-state index in [1.807, 2.05) is 31.2 Å². The van der Waals surface area contributed by atoms with E-state index in [9.17, 15) is 13.5 Å². The number of benzene rings is 2. The lowest BCUT2D eigenvalue weighted by molar-refractivity contribution is 0.0525. The third-order valence-corrected chi connectivity index (χ3v) is 6.93. The summed E-state index contributed by atoms with van der Waals surface area (Å²) in [5.74, 6) is 0.986. The van der Waals surface area contributed by atoms with Crippen LogP contribution in [0.1, 0.15) is 17.5 Å². The van der Waals surface area contributed by atoms with Gasteiger partial charge in [-0.25, -0.2) is 8.42 Å². The lowest BCUT2D eigenvalue weighted by Crippen LogP contribution is -2.42. The number of aliphatic hydroxyl groups is 1. The number of nitrogens with zero attached hydrogens (tertiary/aromatic N) is 1. The van der Waals surface area contributed by atoms with E-state index >= 15 is 0 Å². The zero-order valence-corrected chi connectivity index (χ0v) is 17.5. The van der Waals surface area contributed by atoms with Crippen molar-refractivity contribution >= 4 is 21.4 Å². The Bertz CT molecular complexity index is 868. The first-order valence-corrected chi connectivity index (χ1v) is 11.6.